The van der Waals surface area contributed by atoms with Crippen LogP contribution < -0.4 is 5.32 Å². The highest BCUT2D eigenvalue weighted by molar-refractivity contribution is 5.76. The van der Waals surface area contributed by atoms with Crippen molar-refractivity contribution in [2.24, 2.45) is 0 Å². The molecule has 1 aliphatic rings. The molecule has 1 N–H and O–H groups in total. The van der Waals surface area contributed by atoms with Crippen LogP contribution in [0, 0.1) is 13.8 Å². The number of rotatable bonds is 4. The van der Waals surface area contributed by atoms with Gasteiger partial charge in [0, 0.05) is 37.4 Å². The number of carbonyl (C=O) groups excluding carboxylic acids is 1. The summed E-state index contributed by atoms with van der Waals surface area (Å²) in [6.07, 6.45) is 0.455. The van der Waals surface area contributed by atoms with Crippen LogP contribution in [0.2, 0.25) is 0 Å². The number of hydrogen-bond donors (Lipinski definition) is 1. The minimum absolute atomic E-state index is 0.153. The van der Waals surface area contributed by atoms with E-state index in [1.54, 1.807) is 0 Å². The Morgan fingerprint density at radius 1 is 1.32 bits per heavy atom. The van der Waals surface area contributed by atoms with Crippen molar-refractivity contribution in [2.45, 2.75) is 20.3 Å². The van der Waals surface area contributed by atoms with Crippen LogP contribution in [-0.2, 0) is 9.53 Å². The van der Waals surface area contributed by atoms with E-state index in [9.17, 15) is 4.79 Å². The molecular weight excluding hydrogens is 244 g/mol. The van der Waals surface area contributed by atoms with Crippen LogP contribution in [-0.4, -0.2) is 53.6 Å². The van der Waals surface area contributed by atoms with Gasteiger partial charge in [0.1, 0.15) is 0 Å². The van der Waals surface area contributed by atoms with E-state index >= 15 is 0 Å². The lowest BCUT2D eigenvalue weighted by molar-refractivity contribution is -0.134. The molecule has 6 heteroatoms. The zero-order chi connectivity index (χ0) is 13.7. The number of hydrogen-bond acceptors (Lipinski definition) is 5. The van der Waals surface area contributed by atoms with E-state index in [1.807, 2.05) is 24.8 Å². The number of carbonyl (C=O) groups is 1. The highest BCUT2D eigenvalue weighted by atomic mass is 16.5. The molecule has 0 spiro atoms. The van der Waals surface area contributed by atoms with Gasteiger partial charge in [-0.25, -0.2) is 9.97 Å². The number of nitrogens with one attached hydrogen (secondary N) is 1. The normalized spacial score (nSPS) is 15.4. The predicted octanol–water partition coefficient (Wildman–Crippen LogP) is 0.754. The van der Waals surface area contributed by atoms with E-state index in [0.717, 1.165) is 11.4 Å². The van der Waals surface area contributed by atoms with E-state index < -0.39 is 0 Å². The molecule has 2 rings (SSSR count). The van der Waals surface area contributed by atoms with E-state index in [2.05, 4.69) is 15.3 Å². The maximum absolute atomic E-state index is 11.9. The van der Waals surface area contributed by atoms with Crippen molar-refractivity contribution in [3.8, 4) is 0 Å². The highest BCUT2D eigenvalue weighted by Crippen LogP contribution is 2.04. The molecule has 1 aliphatic heterocycles. The van der Waals surface area contributed by atoms with Gasteiger partial charge in [0.2, 0.25) is 11.9 Å². The maximum Gasteiger partial charge on any atom is 0.224 e. The second kappa shape index (κ2) is 6.47. The Morgan fingerprint density at radius 2 is 1.95 bits per heavy atom. The van der Waals surface area contributed by atoms with Crippen molar-refractivity contribution in [1.82, 2.24) is 14.9 Å². The largest absolute Gasteiger partial charge is 0.378 e. The maximum atomic E-state index is 11.9. The molecule has 0 aromatic carbocycles. The summed E-state index contributed by atoms with van der Waals surface area (Å²) < 4.78 is 5.22. The summed E-state index contributed by atoms with van der Waals surface area (Å²) in [7, 11) is 0. The van der Waals surface area contributed by atoms with Crippen molar-refractivity contribution < 1.29 is 9.53 Å². The van der Waals surface area contributed by atoms with Gasteiger partial charge in [-0.3, -0.25) is 4.79 Å². The third-order valence-electron chi connectivity index (χ3n) is 2.97. The molecule has 0 saturated carbocycles. The van der Waals surface area contributed by atoms with Gasteiger partial charge in [-0.15, -0.1) is 0 Å². The highest BCUT2D eigenvalue weighted by Gasteiger charge is 2.16. The first-order valence-corrected chi connectivity index (χ1v) is 6.57. The Hall–Kier alpha value is -1.69. The van der Waals surface area contributed by atoms with E-state index in [-0.39, 0.29) is 5.91 Å². The summed E-state index contributed by atoms with van der Waals surface area (Å²) in [5.41, 5.74) is 1.85. The molecule has 1 fully saturated rings. The molecule has 0 unspecified atom stereocenters. The molecule has 0 bridgehead atoms. The first kappa shape index (κ1) is 13.7. The SMILES string of the molecule is Cc1cc(C)nc(NCCC(=O)N2CCOCC2)n1. The number of nitrogens with zero attached hydrogens (tertiary/aromatic N) is 3. The van der Waals surface area contributed by atoms with Gasteiger partial charge in [0.15, 0.2) is 0 Å². The van der Waals surface area contributed by atoms with Gasteiger partial charge in [-0.05, 0) is 19.9 Å². The molecule has 19 heavy (non-hydrogen) atoms. The molecule has 0 atom stereocenters. The lowest BCUT2D eigenvalue weighted by atomic mass is 10.3. The number of amides is 1. The number of aryl methyl sites for hydroxylation is 2. The topological polar surface area (TPSA) is 67.4 Å². The van der Waals surface area contributed by atoms with Gasteiger partial charge in [0.25, 0.3) is 0 Å². The number of aromatic nitrogens is 2. The fourth-order valence-corrected chi connectivity index (χ4v) is 2.06. The van der Waals surface area contributed by atoms with E-state index in [4.69, 9.17) is 4.74 Å². The predicted molar refractivity (Wildman–Crippen MR) is 72.0 cm³/mol. The van der Waals surface area contributed by atoms with E-state index in [1.165, 1.54) is 0 Å². The average Bonchev–Trinajstić information content (AvgIpc) is 2.38. The van der Waals surface area contributed by atoms with Gasteiger partial charge in [0.05, 0.1) is 13.2 Å². The number of ether oxygens (including phenoxy) is 1. The van der Waals surface area contributed by atoms with Crippen molar-refractivity contribution in [3.63, 3.8) is 0 Å². The van der Waals surface area contributed by atoms with Crippen molar-refractivity contribution in [3.05, 3.63) is 17.5 Å². The lowest BCUT2D eigenvalue weighted by Crippen LogP contribution is -2.41. The molecule has 1 saturated heterocycles. The first-order valence-electron chi connectivity index (χ1n) is 6.57. The number of morpholine rings is 1. The Kier molecular flexibility index (Phi) is 4.68. The zero-order valence-corrected chi connectivity index (χ0v) is 11.5. The standard InChI is InChI=1S/C13H20N4O2/c1-10-9-11(2)16-13(15-10)14-4-3-12(18)17-5-7-19-8-6-17/h9H,3-8H2,1-2H3,(H,14,15,16). The molecule has 1 aromatic rings. The molecule has 0 aliphatic carbocycles. The second-order valence-electron chi connectivity index (χ2n) is 4.64. The summed E-state index contributed by atoms with van der Waals surface area (Å²) in [6.45, 7) is 7.08. The minimum Gasteiger partial charge on any atom is -0.378 e. The average molecular weight is 264 g/mol. The van der Waals surface area contributed by atoms with Crippen molar-refractivity contribution in [2.75, 3.05) is 38.2 Å². The third kappa shape index (κ3) is 4.17. The fourth-order valence-electron chi connectivity index (χ4n) is 2.06. The van der Waals surface area contributed by atoms with Gasteiger partial charge in [-0.2, -0.15) is 0 Å². The molecule has 104 valence electrons. The zero-order valence-electron chi connectivity index (χ0n) is 11.5. The fraction of sp³-hybridized carbons (Fsp3) is 0.615. The third-order valence-corrected chi connectivity index (χ3v) is 2.97. The first-order chi connectivity index (χ1) is 9.15. The molecule has 2 heterocycles. The molecule has 1 aromatic heterocycles. The molecular formula is C13H20N4O2. The quantitative estimate of drug-likeness (QED) is 0.869. The van der Waals surface area contributed by atoms with Crippen LogP contribution in [0.5, 0.6) is 0 Å². The minimum atomic E-state index is 0.153. The Balaban J connectivity index is 1.77. The summed E-state index contributed by atoms with van der Waals surface area (Å²) in [4.78, 5) is 22.3. The van der Waals surface area contributed by atoms with Crippen LogP contribution in [0.15, 0.2) is 6.07 Å². The van der Waals surface area contributed by atoms with Gasteiger partial charge < -0.3 is 15.0 Å². The summed E-state index contributed by atoms with van der Waals surface area (Å²) in [5.74, 6) is 0.743. The lowest BCUT2D eigenvalue weighted by Gasteiger charge is -2.26. The van der Waals surface area contributed by atoms with Crippen LogP contribution in [0.1, 0.15) is 17.8 Å². The van der Waals surface area contributed by atoms with Crippen LogP contribution in [0.3, 0.4) is 0 Å². The summed E-state index contributed by atoms with van der Waals surface area (Å²) >= 11 is 0. The Bertz CT molecular complexity index is 424. The van der Waals surface area contributed by atoms with Gasteiger partial charge in [-0.1, -0.05) is 0 Å². The molecule has 0 radical (unpaired) electrons. The summed E-state index contributed by atoms with van der Waals surface area (Å²) in [6, 6.07) is 1.92. The monoisotopic (exact) mass is 264 g/mol. The van der Waals surface area contributed by atoms with Crippen molar-refractivity contribution in [1.29, 1.82) is 0 Å². The van der Waals surface area contributed by atoms with E-state index in [0.29, 0.717) is 45.2 Å². The molecule has 1 amide bonds. The molecule has 6 nitrogen and oxygen atoms in total. The van der Waals surface area contributed by atoms with Gasteiger partial charge >= 0.3 is 0 Å². The van der Waals surface area contributed by atoms with Crippen LogP contribution >= 0.6 is 0 Å². The smallest absolute Gasteiger partial charge is 0.224 e. The van der Waals surface area contributed by atoms with Crippen molar-refractivity contribution >= 4 is 11.9 Å². The van der Waals surface area contributed by atoms with Crippen LogP contribution in [0.4, 0.5) is 5.95 Å². The number of anilines is 1. The Morgan fingerprint density at radius 3 is 2.58 bits per heavy atom. The Labute approximate surface area is 113 Å². The second-order valence-corrected chi connectivity index (χ2v) is 4.64. The summed E-state index contributed by atoms with van der Waals surface area (Å²) in [5, 5.41) is 3.10. The van der Waals surface area contributed by atoms with Crippen LogP contribution in [0.25, 0.3) is 0 Å².